The molecule has 0 saturated heterocycles. The van der Waals surface area contributed by atoms with Crippen molar-refractivity contribution >= 4 is 28.8 Å². The molecule has 2 heterocycles. The summed E-state index contributed by atoms with van der Waals surface area (Å²) in [5.74, 6) is 1.55. The number of hydrogen-bond donors (Lipinski definition) is 2. The summed E-state index contributed by atoms with van der Waals surface area (Å²) in [5, 5.41) is 5.54. The topological polar surface area (TPSA) is 85.9 Å². The lowest BCUT2D eigenvalue weighted by molar-refractivity contribution is -0.122. The second kappa shape index (κ2) is 9.53. The summed E-state index contributed by atoms with van der Waals surface area (Å²) in [6, 6.07) is 16.4. The number of thiophene rings is 1. The fraction of sp³-hybridized carbons (Fsp3) is 0.217. The molecule has 3 aromatic rings. The van der Waals surface area contributed by atoms with E-state index in [2.05, 4.69) is 10.6 Å². The van der Waals surface area contributed by atoms with Crippen LogP contribution in [0.1, 0.15) is 16.6 Å². The van der Waals surface area contributed by atoms with Gasteiger partial charge in [0.15, 0.2) is 18.1 Å². The summed E-state index contributed by atoms with van der Waals surface area (Å²) in [4.78, 5) is 25.8. The van der Waals surface area contributed by atoms with E-state index >= 15 is 0 Å². The van der Waals surface area contributed by atoms with Crippen molar-refractivity contribution in [1.82, 2.24) is 5.32 Å². The molecule has 2 aromatic carbocycles. The first-order chi connectivity index (χ1) is 15.1. The summed E-state index contributed by atoms with van der Waals surface area (Å²) < 4.78 is 16.7. The van der Waals surface area contributed by atoms with Crippen LogP contribution in [0.3, 0.4) is 0 Å². The van der Waals surface area contributed by atoms with Gasteiger partial charge >= 0.3 is 0 Å². The molecule has 1 aliphatic heterocycles. The number of carbonyl (C=O) groups excluding carboxylic acids is 2. The van der Waals surface area contributed by atoms with Gasteiger partial charge in [-0.05, 0) is 55.0 Å². The van der Waals surface area contributed by atoms with Gasteiger partial charge in [-0.15, -0.1) is 11.3 Å². The van der Waals surface area contributed by atoms with Crippen molar-refractivity contribution in [2.24, 2.45) is 0 Å². The van der Waals surface area contributed by atoms with Gasteiger partial charge in [-0.2, -0.15) is 0 Å². The Balaban J connectivity index is 1.41. The molecular formula is C23H22N2O5S. The molecule has 0 aliphatic carbocycles. The van der Waals surface area contributed by atoms with Gasteiger partial charge in [0.1, 0.15) is 19.0 Å². The molecule has 0 fully saturated rings. The molecule has 160 valence electrons. The van der Waals surface area contributed by atoms with Crippen LogP contribution in [0.2, 0.25) is 0 Å². The van der Waals surface area contributed by atoms with Gasteiger partial charge in [-0.25, -0.2) is 0 Å². The second-order valence-corrected chi connectivity index (χ2v) is 7.83. The zero-order valence-electron chi connectivity index (χ0n) is 17.0. The average molecular weight is 439 g/mol. The highest BCUT2D eigenvalue weighted by molar-refractivity contribution is 7.17. The Morgan fingerprint density at radius 3 is 2.71 bits per heavy atom. The zero-order valence-corrected chi connectivity index (χ0v) is 17.8. The minimum absolute atomic E-state index is 0.0743. The SMILES string of the molecule is CCNC(=O)COc1cccc(NC(=O)c2ccc(-c3ccc4c(c3)OCCO4)s2)c1. The number of likely N-dealkylation sites (N-methyl/N-ethyl adjacent to an activating group) is 1. The van der Waals surface area contributed by atoms with Crippen LogP contribution in [-0.4, -0.2) is 38.2 Å². The molecule has 0 unspecified atom stereocenters. The normalized spacial score (nSPS) is 12.2. The van der Waals surface area contributed by atoms with Gasteiger partial charge in [0.25, 0.3) is 11.8 Å². The Bertz CT molecular complexity index is 1100. The highest BCUT2D eigenvalue weighted by atomic mass is 32.1. The number of fused-ring (bicyclic) bond motifs is 1. The highest BCUT2D eigenvalue weighted by Gasteiger charge is 2.15. The molecule has 7 nitrogen and oxygen atoms in total. The number of amides is 2. The van der Waals surface area contributed by atoms with Gasteiger partial charge in [0.05, 0.1) is 4.88 Å². The molecule has 0 atom stereocenters. The van der Waals surface area contributed by atoms with Gasteiger partial charge in [-0.3, -0.25) is 9.59 Å². The number of benzene rings is 2. The van der Waals surface area contributed by atoms with Gasteiger partial charge in [-0.1, -0.05) is 6.07 Å². The summed E-state index contributed by atoms with van der Waals surface area (Å²) in [6.45, 7) is 3.40. The third-order valence-electron chi connectivity index (χ3n) is 4.49. The molecule has 31 heavy (non-hydrogen) atoms. The second-order valence-electron chi connectivity index (χ2n) is 6.75. The van der Waals surface area contributed by atoms with Crippen molar-refractivity contribution in [2.75, 3.05) is 31.7 Å². The molecule has 2 amide bonds. The standard InChI is InChI=1S/C23H22N2O5S/c1-2-24-22(26)14-30-17-5-3-4-16(13-17)25-23(27)21-9-8-20(31-21)15-6-7-18-19(12-15)29-11-10-28-18/h3-9,12-13H,2,10-11,14H2,1H3,(H,24,26)(H,25,27). The Labute approximate surface area is 183 Å². The van der Waals surface area contributed by atoms with E-state index in [-0.39, 0.29) is 18.4 Å². The lowest BCUT2D eigenvalue weighted by atomic mass is 10.1. The fourth-order valence-electron chi connectivity index (χ4n) is 3.07. The van der Waals surface area contributed by atoms with Crippen molar-refractivity contribution < 1.29 is 23.8 Å². The summed E-state index contributed by atoms with van der Waals surface area (Å²) >= 11 is 1.40. The first kappa shape index (κ1) is 20.7. The molecule has 4 rings (SSSR count). The van der Waals surface area contributed by atoms with E-state index in [1.54, 1.807) is 30.3 Å². The van der Waals surface area contributed by atoms with Crippen molar-refractivity contribution in [3.63, 3.8) is 0 Å². The van der Waals surface area contributed by atoms with Crippen LogP contribution in [0, 0.1) is 0 Å². The van der Waals surface area contributed by atoms with Crippen LogP contribution in [0.5, 0.6) is 17.2 Å². The van der Waals surface area contributed by atoms with E-state index in [0.717, 1.165) is 16.2 Å². The van der Waals surface area contributed by atoms with Crippen LogP contribution < -0.4 is 24.8 Å². The van der Waals surface area contributed by atoms with Gasteiger partial charge in [0, 0.05) is 23.2 Å². The maximum atomic E-state index is 12.7. The molecular weight excluding hydrogens is 416 g/mol. The first-order valence-electron chi connectivity index (χ1n) is 9.93. The third kappa shape index (κ3) is 5.16. The first-order valence-corrected chi connectivity index (χ1v) is 10.7. The number of nitrogens with one attached hydrogen (secondary N) is 2. The number of anilines is 1. The summed E-state index contributed by atoms with van der Waals surface area (Å²) in [5.41, 5.74) is 1.56. The van der Waals surface area contributed by atoms with Crippen LogP contribution in [0.15, 0.2) is 54.6 Å². The number of carbonyl (C=O) groups is 2. The van der Waals surface area contributed by atoms with E-state index in [9.17, 15) is 9.59 Å². The van der Waals surface area contributed by atoms with Gasteiger partial charge in [0.2, 0.25) is 0 Å². The van der Waals surface area contributed by atoms with Crippen molar-refractivity contribution in [1.29, 1.82) is 0 Å². The predicted molar refractivity (Wildman–Crippen MR) is 119 cm³/mol. The van der Waals surface area contributed by atoms with Crippen molar-refractivity contribution in [3.05, 3.63) is 59.5 Å². The number of rotatable bonds is 7. The zero-order chi connectivity index (χ0) is 21.6. The average Bonchev–Trinajstić information content (AvgIpc) is 3.28. The maximum absolute atomic E-state index is 12.7. The molecule has 0 radical (unpaired) electrons. The number of hydrogen-bond acceptors (Lipinski definition) is 6. The molecule has 1 aromatic heterocycles. The molecule has 2 N–H and O–H groups in total. The predicted octanol–water partition coefficient (Wildman–Crippen LogP) is 3.95. The minimum Gasteiger partial charge on any atom is -0.486 e. The van der Waals surface area contributed by atoms with E-state index < -0.39 is 0 Å². The largest absolute Gasteiger partial charge is 0.486 e. The van der Waals surface area contributed by atoms with Gasteiger partial charge < -0.3 is 24.8 Å². The Hall–Kier alpha value is -3.52. The summed E-state index contributed by atoms with van der Waals surface area (Å²) in [6.07, 6.45) is 0. The van der Waals surface area contributed by atoms with E-state index in [1.165, 1.54) is 11.3 Å². The van der Waals surface area contributed by atoms with Crippen LogP contribution >= 0.6 is 11.3 Å². The van der Waals surface area contributed by atoms with Crippen LogP contribution in [0.4, 0.5) is 5.69 Å². The van der Waals surface area contributed by atoms with E-state index in [0.29, 0.717) is 41.8 Å². The number of ether oxygens (including phenoxy) is 3. The molecule has 1 aliphatic rings. The molecule has 0 bridgehead atoms. The smallest absolute Gasteiger partial charge is 0.265 e. The third-order valence-corrected chi connectivity index (χ3v) is 5.63. The molecule has 0 saturated carbocycles. The molecule has 0 spiro atoms. The van der Waals surface area contributed by atoms with Crippen LogP contribution in [0.25, 0.3) is 10.4 Å². The fourth-order valence-corrected chi connectivity index (χ4v) is 3.96. The Morgan fingerprint density at radius 1 is 1.03 bits per heavy atom. The Kier molecular flexibility index (Phi) is 6.37. The van der Waals surface area contributed by atoms with Crippen molar-refractivity contribution in [2.45, 2.75) is 6.92 Å². The van der Waals surface area contributed by atoms with E-state index in [4.69, 9.17) is 14.2 Å². The minimum atomic E-state index is -0.213. The maximum Gasteiger partial charge on any atom is 0.265 e. The van der Waals surface area contributed by atoms with Crippen molar-refractivity contribution in [3.8, 4) is 27.7 Å². The monoisotopic (exact) mass is 438 g/mol. The summed E-state index contributed by atoms with van der Waals surface area (Å²) in [7, 11) is 0. The highest BCUT2D eigenvalue weighted by Crippen LogP contribution is 2.37. The lowest BCUT2D eigenvalue weighted by Crippen LogP contribution is -2.28. The van der Waals surface area contributed by atoms with E-state index in [1.807, 2.05) is 31.2 Å². The lowest BCUT2D eigenvalue weighted by Gasteiger charge is -2.18. The quantitative estimate of drug-likeness (QED) is 0.583. The Morgan fingerprint density at radius 2 is 1.87 bits per heavy atom. The molecule has 8 heteroatoms. The van der Waals surface area contributed by atoms with Crippen LogP contribution in [-0.2, 0) is 4.79 Å².